The van der Waals surface area contributed by atoms with E-state index in [-0.39, 0.29) is 5.91 Å². The van der Waals surface area contributed by atoms with Crippen LogP contribution in [0, 0.1) is 13.8 Å². The Morgan fingerprint density at radius 2 is 2.11 bits per heavy atom. The maximum absolute atomic E-state index is 12.5. The molecular weight excluding hydrogens is 224 g/mol. The fourth-order valence-corrected chi connectivity index (χ4v) is 2.18. The van der Waals surface area contributed by atoms with Crippen molar-refractivity contribution in [2.45, 2.75) is 32.7 Å². The minimum atomic E-state index is 0.0709. The predicted octanol–water partition coefficient (Wildman–Crippen LogP) is 2.68. The highest BCUT2D eigenvalue weighted by Crippen LogP contribution is 2.29. The largest absolute Gasteiger partial charge is 0.398 e. The Bertz CT molecular complexity index is 490. The third-order valence-electron chi connectivity index (χ3n) is 3.42. The standard InChI is InChI=1S/C15H20N2O/c1-4-7-17(12-5-6-12)15(18)13-9-14(16)11(3)8-10(13)2/h4,8-9,12H,1,5-7,16H2,2-3H3. The molecule has 2 N–H and O–H groups in total. The summed E-state index contributed by atoms with van der Waals surface area (Å²) >= 11 is 0. The molecule has 1 saturated carbocycles. The van der Waals surface area contributed by atoms with Gasteiger partial charge in [0.15, 0.2) is 0 Å². The zero-order valence-electron chi connectivity index (χ0n) is 11.1. The van der Waals surface area contributed by atoms with Gasteiger partial charge in [-0.15, -0.1) is 6.58 Å². The van der Waals surface area contributed by atoms with Crippen LogP contribution in [-0.2, 0) is 0 Å². The minimum absolute atomic E-state index is 0.0709. The van der Waals surface area contributed by atoms with Gasteiger partial charge in [0, 0.05) is 23.8 Å². The van der Waals surface area contributed by atoms with Gasteiger partial charge >= 0.3 is 0 Å². The minimum Gasteiger partial charge on any atom is -0.398 e. The fraction of sp³-hybridized carbons (Fsp3) is 0.400. The van der Waals surface area contributed by atoms with Crippen molar-refractivity contribution >= 4 is 11.6 Å². The van der Waals surface area contributed by atoms with E-state index >= 15 is 0 Å². The van der Waals surface area contributed by atoms with Gasteiger partial charge in [0.2, 0.25) is 0 Å². The Balaban J connectivity index is 2.31. The smallest absolute Gasteiger partial charge is 0.254 e. The first-order valence-corrected chi connectivity index (χ1v) is 6.33. The number of nitrogen functional groups attached to an aromatic ring is 1. The molecule has 18 heavy (non-hydrogen) atoms. The van der Waals surface area contributed by atoms with E-state index in [1.54, 1.807) is 12.1 Å². The van der Waals surface area contributed by atoms with Crippen molar-refractivity contribution in [2.75, 3.05) is 12.3 Å². The molecule has 0 aromatic heterocycles. The number of nitrogens with two attached hydrogens (primary N) is 1. The quantitative estimate of drug-likeness (QED) is 0.654. The van der Waals surface area contributed by atoms with Gasteiger partial charge in [-0.25, -0.2) is 0 Å². The topological polar surface area (TPSA) is 46.3 Å². The van der Waals surface area contributed by atoms with Crippen molar-refractivity contribution in [3.63, 3.8) is 0 Å². The van der Waals surface area contributed by atoms with E-state index in [1.807, 2.05) is 24.8 Å². The molecule has 0 aliphatic heterocycles. The summed E-state index contributed by atoms with van der Waals surface area (Å²) < 4.78 is 0. The summed E-state index contributed by atoms with van der Waals surface area (Å²) in [6.45, 7) is 8.24. The number of hydrogen-bond acceptors (Lipinski definition) is 2. The van der Waals surface area contributed by atoms with E-state index in [0.717, 1.165) is 24.0 Å². The van der Waals surface area contributed by atoms with Gasteiger partial charge in [0.25, 0.3) is 5.91 Å². The van der Waals surface area contributed by atoms with Crippen LogP contribution >= 0.6 is 0 Å². The number of aryl methyl sites for hydroxylation is 2. The first kappa shape index (κ1) is 12.7. The summed E-state index contributed by atoms with van der Waals surface area (Å²) in [6, 6.07) is 4.16. The van der Waals surface area contributed by atoms with Crippen molar-refractivity contribution in [3.05, 3.63) is 41.5 Å². The van der Waals surface area contributed by atoms with E-state index in [2.05, 4.69) is 6.58 Å². The first-order chi connectivity index (χ1) is 8.54. The maximum Gasteiger partial charge on any atom is 0.254 e. The van der Waals surface area contributed by atoms with Gasteiger partial charge in [-0.2, -0.15) is 0 Å². The lowest BCUT2D eigenvalue weighted by Gasteiger charge is -2.22. The van der Waals surface area contributed by atoms with Crippen LogP contribution in [-0.4, -0.2) is 23.4 Å². The van der Waals surface area contributed by atoms with Gasteiger partial charge in [0.1, 0.15) is 0 Å². The highest BCUT2D eigenvalue weighted by Gasteiger charge is 2.32. The molecule has 0 atom stereocenters. The van der Waals surface area contributed by atoms with Crippen LogP contribution < -0.4 is 5.73 Å². The highest BCUT2D eigenvalue weighted by molar-refractivity contribution is 5.97. The summed E-state index contributed by atoms with van der Waals surface area (Å²) in [6.07, 6.45) is 3.98. The van der Waals surface area contributed by atoms with Crippen LogP contribution in [0.25, 0.3) is 0 Å². The second-order valence-corrected chi connectivity index (χ2v) is 5.00. The summed E-state index contributed by atoms with van der Waals surface area (Å²) in [5.74, 6) is 0.0709. The van der Waals surface area contributed by atoms with Crippen LogP contribution in [0.15, 0.2) is 24.8 Å². The molecule has 1 aliphatic rings. The Morgan fingerprint density at radius 3 is 2.67 bits per heavy atom. The molecule has 0 heterocycles. The molecule has 1 aliphatic carbocycles. The van der Waals surface area contributed by atoms with Crippen LogP contribution in [0.4, 0.5) is 5.69 Å². The predicted molar refractivity (Wildman–Crippen MR) is 74.6 cm³/mol. The molecule has 1 aromatic rings. The van der Waals surface area contributed by atoms with E-state index < -0.39 is 0 Å². The van der Waals surface area contributed by atoms with Crippen molar-refractivity contribution in [3.8, 4) is 0 Å². The summed E-state index contributed by atoms with van der Waals surface area (Å²) in [7, 11) is 0. The number of nitrogens with zero attached hydrogens (tertiary/aromatic N) is 1. The van der Waals surface area contributed by atoms with Gasteiger partial charge in [-0.1, -0.05) is 12.1 Å². The maximum atomic E-state index is 12.5. The average Bonchev–Trinajstić information content (AvgIpc) is 3.14. The number of benzene rings is 1. The Morgan fingerprint density at radius 1 is 1.44 bits per heavy atom. The normalized spacial score (nSPS) is 14.3. The molecule has 0 spiro atoms. The summed E-state index contributed by atoms with van der Waals surface area (Å²) in [5, 5.41) is 0. The number of carbonyl (C=O) groups excluding carboxylic acids is 1. The number of rotatable bonds is 4. The molecule has 0 bridgehead atoms. The zero-order chi connectivity index (χ0) is 13.3. The summed E-state index contributed by atoms with van der Waals surface area (Å²) in [5.41, 5.74) is 9.30. The number of carbonyl (C=O) groups is 1. The van der Waals surface area contributed by atoms with Gasteiger partial charge in [-0.3, -0.25) is 4.79 Å². The number of anilines is 1. The van der Waals surface area contributed by atoms with Gasteiger partial charge in [0.05, 0.1) is 0 Å². The van der Waals surface area contributed by atoms with Crippen LogP contribution in [0.1, 0.15) is 34.3 Å². The second kappa shape index (κ2) is 4.84. The SMILES string of the molecule is C=CCN(C(=O)c1cc(N)c(C)cc1C)C1CC1. The number of amides is 1. The lowest BCUT2D eigenvalue weighted by Crippen LogP contribution is -2.33. The first-order valence-electron chi connectivity index (χ1n) is 6.33. The fourth-order valence-electron chi connectivity index (χ4n) is 2.18. The Kier molecular flexibility index (Phi) is 3.41. The Labute approximate surface area is 108 Å². The third-order valence-corrected chi connectivity index (χ3v) is 3.42. The molecule has 1 aromatic carbocycles. The van der Waals surface area contributed by atoms with E-state index in [0.29, 0.717) is 23.8 Å². The molecule has 0 saturated heterocycles. The molecule has 0 radical (unpaired) electrons. The molecular formula is C15H20N2O. The van der Waals surface area contributed by atoms with Crippen molar-refractivity contribution in [1.82, 2.24) is 4.90 Å². The lowest BCUT2D eigenvalue weighted by atomic mass is 10.0. The molecule has 2 rings (SSSR count). The average molecular weight is 244 g/mol. The van der Waals surface area contributed by atoms with Gasteiger partial charge < -0.3 is 10.6 Å². The number of hydrogen-bond donors (Lipinski definition) is 1. The molecule has 1 fully saturated rings. The van der Waals surface area contributed by atoms with Crippen molar-refractivity contribution in [1.29, 1.82) is 0 Å². The summed E-state index contributed by atoms with van der Waals surface area (Å²) in [4.78, 5) is 14.4. The molecule has 0 unspecified atom stereocenters. The van der Waals surface area contributed by atoms with E-state index in [9.17, 15) is 4.79 Å². The van der Waals surface area contributed by atoms with E-state index in [1.165, 1.54) is 0 Å². The highest BCUT2D eigenvalue weighted by atomic mass is 16.2. The Hall–Kier alpha value is -1.77. The second-order valence-electron chi connectivity index (χ2n) is 5.00. The van der Waals surface area contributed by atoms with Crippen molar-refractivity contribution in [2.24, 2.45) is 0 Å². The molecule has 96 valence electrons. The molecule has 3 heteroatoms. The monoisotopic (exact) mass is 244 g/mol. The molecule has 3 nitrogen and oxygen atoms in total. The van der Waals surface area contributed by atoms with Crippen molar-refractivity contribution < 1.29 is 4.79 Å². The zero-order valence-corrected chi connectivity index (χ0v) is 11.1. The lowest BCUT2D eigenvalue weighted by molar-refractivity contribution is 0.0762. The van der Waals surface area contributed by atoms with Crippen LogP contribution in [0.5, 0.6) is 0 Å². The molecule has 1 amide bonds. The van der Waals surface area contributed by atoms with Crippen LogP contribution in [0.3, 0.4) is 0 Å². The van der Waals surface area contributed by atoms with Gasteiger partial charge in [-0.05, 0) is 43.9 Å². The third kappa shape index (κ3) is 2.40. The van der Waals surface area contributed by atoms with Crippen LogP contribution in [0.2, 0.25) is 0 Å². The van der Waals surface area contributed by atoms with E-state index in [4.69, 9.17) is 5.73 Å².